The molecule has 1 aliphatic heterocycles. The first-order valence-corrected chi connectivity index (χ1v) is 6.30. The first-order chi connectivity index (χ1) is 8.68. The minimum absolute atomic E-state index is 0.0749. The molecule has 0 aromatic rings. The maximum atomic E-state index is 11.3. The fourth-order valence-corrected chi connectivity index (χ4v) is 1.62. The molecule has 0 amide bonds. The summed E-state index contributed by atoms with van der Waals surface area (Å²) < 4.78 is 15.2. The van der Waals surface area contributed by atoms with Crippen LogP contribution in [0.2, 0.25) is 0 Å². The Bertz CT molecular complexity index is 263. The highest BCUT2D eigenvalue weighted by Gasteiger charge is 2.17. The molecule has 6 nitrogen and oxygen atoms in total. The van der Waals surface area contributed by atoms with E-state index in [1.807, 2.05) is 0 Å². The minimum atomic E-state index is -0.298. The van der Waals surface area contributed by atoms with Crippen LogP contribution in [0, 0.1) is 0 Å². The van der Waals surface area contributed by atoms with Gasteiger partial charge in [-0.1, -0.05) is 0 Å². The predicted octanol–water partition coefficient (Wildman–Crippen LogP) is 0.251. The third kappa shape index (κ3) is 7.24. The molecule has 0 aliphatic carbocycles. The topological polar surface area (TPSA) is 73.9 Å². The van der Waals surface area contributed by atoms with Crippen molar-refractivity contribution < 1.29 is 23.8 Å². The molecule has 1 heterocycles. The largest absolute Gasteiger partial charge is 0.465 e. The number of carbonyl (C=O) groups is 2. The molecule has 1 aliphatic rings. The summed E-state index contributed by atoms with van der Waals surface area (Å²) in [5, 5.41) is 2.99. The zero-order valence-corrected chi connectivity index (χ0v) is 10.8. The Morgan fingerprint density at radius 1 is 1.33 bits per heavy atom. The average Bonchev–Trinajstić information content (AvgIpc) is 2.83. The van der Waals surface area contributed by atoms with Crippen molar-refractivity contribution in [3.05, 3.63) is 0 Å². The monoisotopic (exact) mass is 259 g/mol. The summed E-state index contributed by atoms with van der Waals surface area (Å²) in [6.07, 6.45) is 2.39. The molecule has 1 atom stereocenters. The first kappa shape index (κ1) is 14.9. The van der Waals surface area contributed by atoms with Crippen LogP contribution in [0.3, 0.4) is 0 Å². The van der Waals surface area contributed by atoms with E-state index in [2.05, 4.69) is 5.32 Å². The number of hydrogen-bond donors (Lipinski definition) is 1. The van der Waals surface area contributed by atoms with Crippen molar-refractivity contribution in [3.63, 3.8) is 0 Å². The molecule has 0 bridgehead atoms. The Labute approximate surface area is 107 Å². The summed E-state index contributed by atoms with van der Waals surface area (Å²) in [5.41, 5.74) is 0. The van der Waals surface area contributed by atoms with Gasteiger partial charge in [0.05, 0.1) is 12.5 Å². The zero-order chi connectivity index (χ0) is 13.2. The third-order valence-electron chi connectivity index (χ3n) is 2.54. The Hall–Kier alpha value is -1.14. The molecule has 18 heavy (non-hydrogen) atoms. The van der Waals surface area contributed by atoms with Crippen LogP contribution in [0.15, 0.2) is 0 Å². The van der Waals surface area contributed by atoms with Crippen molar-refractivity contribution in [2.24, 2.45) is 0 Å². The molecule has 6 heteroatoms. The lowest BCUT2D eigenvalue weighted by Gasteiger charge is -2.10. The van der Waals surface area contributed by atoms with Crippen LogP contribution in [-0.2, 0) is 23.8 Å². The Balaban J connectivity index is 1.88. The molecule has 1 fully saturated rings. The highest BCUT2D eigenvalue weighted by Crippen LogP contribution is 2.11. The van der Waals surface area contributed by atoms with Gasteiger partial charge >= 0.3 is 11.9 Å². The van der Waals surface area contributed by atoms with Gasteiger partial charge in [0.15, 0.2) is 0 Å². The van der Waals surface area contributed by atoms with E-state index in [4.69, 9.17) is 14.2 Å². The van der Waals surface area contributed by atoms with Crippen molar-refractivity contribution in [2.75, 3.05) is 32.9 Å². The van der Waals surface area contributed by atoms with Crippen LogP contribution in [0.25, 0.3) is 0 Å². The fraction of sp³-hybridized carbons (Fsp3) is 0.833. The quantitative estimate of drug-likeness (QED) is 0.497. The lowest BCUT2D eigenvalue weighted by molar-refractivity contribution is -0.147. The van der Waals surface area contributed by atoms with E-state index in [0.29, 0.717) is 32.7 Å². The number of nitrogens with one attached hydrogen (secondary N) is 1. The number of esters is 2. The van der Waals surface area contributed by atoms with Gasteiger partial charge in [-0.2, -0.15) is 0 Å². The highest BCUT2D eigenvalue weighted by molar-refractivity contribution is 5.69. The van der Waals surface area contributed by atoms with E-state index >= 15 is 0 Å². The number of rotatable bonds is 8. The number of carbonyl (C=O) groups excluding carboxylic acids is 2. The van der Waals surface area contributed by atoms with Gasteiger partial charge < -0.3 is 19.5 Å². The summed E-state index contributed by atoms with van der Waals surface area (Å²) in [6.45, 7) is 3.86. The number of ether oxygens (including phenoxy) is 3. The van der Waals surface area contributed by atoms with Crippen molar-refractivity contribution >= 4 is 11.9 Å². The van der Waals surface area contributed by atoms with Crippen LogP contribution in [0.1, 0.15) is 26.2 Å². The molecular formula is C12H21NO5. The lowest BCUT2D eigenvalue weighted by atomic mass is 10.2. The molecule has 0 spiro atoms. The summed E-state index contributed by atoms with van der Waals surface area (Å²) >= 11 is 0. The van der Waals surface area contributed by atoms with Gasteiger partial charge in [0.1, 0.15) is 13.2 Å². The summed E-state index contributed by atoms with van der Waals surface area (Å²) in [7, 11) is 0. The predicted molar refractivity (Wildman–Crippen MR) is 64.1 cm³/mol. The molecule has 1 unspecified atom stereocenters. The van der Waals surface area contributed by atoms with Crippen molar-refractivity contribution in [3.8, 4) is 0 Å². The summed E-state index contributed by atoms with van der Waals surface area (Å²) in [5.74, 6) is -0.529. The highest BCUT2D eigenvalue weighted by atomic mass is 16.6. The van der Waals surface area contributed by atoms with Crippen LogP contribution in [0.4, 0.5) is 0 Å². The second-order valence-corrected chi connectivity index (χ2v) is 4.16. The van der Waals surface area contributed by atoms with Crippen LogP contribution >= 0.6 is 0 Å². The molecule has 1 saturated heterocycles. The molecule has 1 N–H and O–H groups in total. The van der Waals surface area contributed by atoms with Gasteiger partial charge in [0.2, 0.25) is 0 Å². The van der Waals surface area contributed by atoms with Gasteiger partial charge in [-0.15, -0.1) is 0 Å². The van der Waals surface area contributed by atoms with E-state index in [-0.39, 0.29) is 18.0 Å². The van der Waals surface area contributed by atoms with Crippen LogP contribution in [-0.4, -0.2) is 51.0 Å². The molecular weight excluding hydrogens is 238 g/mol. The van der Waals surface area contributed by atoms with E-state index in [1.54, 1.807) is 0 Å². The molecule has 0 radical (unpaired) electrons. The Kier molecular flexibility index (Phi) is 7.36. The minimum Gasteiger partial charge on any atom is -0.465 e. The van der Waals surface area contributed by atoms with E-state index in [9.17, 15) is 9.59 Å². The fourth-order valence-electron chi connectivity index (χ4n) is 1.62. The van der Waals surface area contributed by atoms with Crippen molar-refractivity contribution in [2.45, 2.75) is 32.3 Å². The van der Waals surface area contributed by atoms with Gasteiger partial charge in [-0.25, -0.2) is 0 Å². The van der Waals surface area contributed by atoms with Gasteiger partial charge in [0.25, 0.3) is 0 Å². The SMILES string of the molecule is CC(=O)OCCNCCC(=O)OCC1CCCO1. The summed E-state index contributed by atoms with van der Waals surface area (Å²) in [6, 6.07) is 0. The lowest BCUT2D eigenvalue weighted by Crippen LogP contribution is -2.25. The Morgan fingerprint density at radius 3 is 2.83 bits per heavy atom. The van der Waals surface area contributed by atoms with Crippen molar-refractivity contribution in [1.29, 1.82) is 0 Å². The summed E-state index contributed by atoms with van der Waals surface area (Å²) in [4.78, 5) is 21.8. The smallest absolute Gasteiger partial charge is 0.307 e. The van der Waals surface area contributed by atoms with Gasteiger partial charge in [0, 0.05) is 26.6 Å². The average molecular weight is 259 g/mol. The normalized spacial score (nSPS) is 18.6. The van der Waals surface area contributed by atoms with Crippen LogP contribution in [0.5, 0.6) is 0 Å². The van der Waals surface area contributed by atoms with Crippen molar-refractivity contribution in [1.82, 2.24) is 5.32 Å². The maximum absolute atomic E-state index is 11.3. The van der Waals surface area contributed by atoms with Crippen LogP contribution < -0.4 is 5.32 Å². The third-order valence-corrected chi connectivity index (χ3v) is 2.54. The van der Waals surface area contributed by atoms with E-state index in [1.165, 1.54) is 6.92 Å². The maximum Gasteiger partial charge on any atom is 0.307 e. The van der Waals surface area contributed by atoms with E-state index in [0.717, 1.165) is 19.4 Å². The van der Waals surface area contributed by atoms with Gasteiger partial charge in [-0.05, 0) is 12.8 Å². The zero-order valence-electron chi connectivity index (χ0n) is 10.8. The standard InChI is InChI=1S/C12H21NO5/c1-10(14)16-8-6-13-5-4-12(15)18-9-11-3-2-7-17-11/h11,13H,2-9H2,1H3. The molecule has 1 rings (SSSR count). The van der Waals surface area contributed by atoms with Gasteiger partial charge in [-0.3, -0.25) is 9.59 Å². The second-order valence-electron chi connectivity index (χ2n) is 4.16. The molecule has 0 aromatic heterocycles. The molecule has 0 saturated carbocycles. The first-order valence-electron chi connectivity index (χ1n) is 6.30. The Morgan fingerprint density at radius 2 is 2.17 bits per heavy atom. The molecule has 104 valence electrons. The van der Waals surface area contributed by atoms with E-state index < -0.39 is 0 Å². The second kappa shape index (κ2) is 8.88. The number of hydrogen-bond acceptors (Lipinski definition) is 6. The molecule has 0 aromatic carbocycles.